The number of fused-ring (bicyclic) bond motifs is 2. The molecule has 8 nitrogen and oxygen atoms in total. The van der Waals surface area contributed by atoms with E-state index in [2.05, 4.69) is 52.4 Å². The lowest BCUT2D eigenvalue weighted by molar-refractivity contribution is 0.269. The fraction of sp³-hybridized carbons (Fsp3) is 0.227. The van der Waals surface area contributed by atoms with Crippen LogP contribution < -0.4 is 0 Å². The van der Waals surface area contributed by atoms with Crippen molar-refractivity contribution in [1.82, 2.24) is 34.7 Å². The van der Waals surface area contributed by atoms with Gasteiger partial charge in [-0.1, -0.05) is 17.3 Å². The van der Waals surface area contributed by atoms with Crippen molar-refractivity contribution in [3.63, 3.8) is 0 Å². The zero-order valence-corrected chi connectivity index (χ0v) is 16.8. The van der Waals surface area contributed by atoms with Crippen LogP contribution in [-0.2, 0) is 12.1 Å². The summed E-state index contributed by atoms with van der Waals surface area (Å²) in [5, 5.41) is 23.2. The lowest BCUT2D eigenvalue weighted by Crippen LogP contribution is -2.29. The number of aromatic nitrogens is 7. The van der Waals surface area contributed by atoms with Gasteiger partial charge in [0.25, 0.3) is 0 Å². The number of aliphatic hydroxyl groups excluding tert-OH is 1. The maximum atomic E-state index is 9.11. The second-order valence-electron chi connectivity index (χ2n) is 7.73. The average Bonchev–Trinajstić information content (AvgIpc) is 3.40. The third-order valence-corrected chi connectivity index (χ3v) is 5.39. The highest BCUT2D eigenvalue weighted by Gasteiger charge is 2.27. The number of rotatable bonds is 5. The molecule has 1 N–H and O–H groups in total. The second-order valence-corrected chi connectivity index (χ2v) is 7.73. The van der Waals surface area contributed by atoms with Gasteiger partial charge in [-0.15, -0.1) is 5.10 Å². The van der Waals surface area contributed by atoms with Crippen LogP contribution in [0.4, 0.5) is 0 Å². The van der Waals surface area contributed by atoms with Crippen molar-refractivity contribution in [3.8, 4) is 11.3 Å². The summed E-state index contributed by atoms with van der Waals surface area (Å²) in [7, 11) is 0. The highest BCUT2D eigenvalue weighted by atomic mass is 16.3. The molecular formula is C22H21N7O. The predicted octanol–water partition coefficient (Wildman–Crippen LogP) is 3.01. The normalized spacial score (nSPS) is 12.1. The molecule has 0 saturated heterocycles. The molecule has 0 spiro atoms. The molecule has 0 bridgehead atoms. The Labute approximate surface area is 172 Å². The molecule has 0 aliphatic carbocycles. The standard InChI is InChI=1S/C22H21N7O/c1-22(2,17-5-6-18-15(12-17)4-3-9-23-18)29-21-20(26-27-29)8-7-19(25-21)16-13-24-28(14-16)10-11-30/h3-9,12-14,30H,10-11H2,1-2H3. The Kier molecular flexibility index (Phi) is 4.29. The molecule has 0 amide bonds. The van der Waals surface area contributed by atoms with Gasteiger partial charge >= 0.3 is 0 Å². The van der Waals surface area contributed by atoms with E-state index in [1.54, 1.807) is 17.1 Å². The number of aliphatic hydroxyl groups is 1. The molecule has 30 heavy (non-hydrogen) atoms. The number of hydrogen-bond donors (Lipinski definition) is 1. The monoisotopic (exact) mass is 399 g/mol. The molecule has 0 aliphatic heterocycles. The van der Waals surface area contributed by atoms with E-state index in [0.29, 0.717) is 12.2 Å². The highest BCUT2D eigenvalue weighted by Crippen LogP contribution is 2.30. The van der Waals surface area contributed by atoms with Crippen molar-refractivity contribution in [2.75, 3.05) is 6.61 Å². The van der Waals surface area contributed by atoms with Gasteiger partial charge in [-0.25, -0.2) is 9.67 Å². The molecule has 8 heteroatoms. The summed E-state index contributed by atoms with van der Waals surface area (Å²) in [6.07, 6.45) is 5.42. The molecule has 4 aromatic heterocycles. The van der Waals surface area contributed by atoms with Crippen molar-refractivity contribution in [2.45, 2.75) is 25.9 Å². The second kappa shape index (κ2) is 7.00. The SMILES string of the molecule is CC(C)(c1ccc2ncccc2c1)n1nnc2ccc(-c3cnn(CCO)c3)nc21. The molecule has 5 aromatic rings. The number of benzene rings is 1. The third kappa shape index (κ3) is 3.02. The highest BCUT2D eigenvalue weighted by molar-refractivity contribution is 5.79. The van der Waals surface area contributed by atoms with Crippen LogP contribution in [0.1, 0.15) is 19.4 Å². The third-order valence-electron chi connectivity index (χ3n) is 5.39. The summed E-state index contributed by atoms with van der Waals surface area (Å²) in [6, 6.07) is 14.1. The first-order valence-corrected chi connectivity index (χ1v) is 9.78. The summed E-state index contributed by atoms with van der Waals surface area (Å²) in [6.45, 7) is 4.70. The Bertz CT molecular complexity index is 1350. The van der Waals surface area contributed by atoms with Crippen LogP contribution in [0.25, 0.3) is 33.3 Å². The van der Waals surface area contributed by atoms with Crippen LogP contribution in [0.3, 0.4) is 0 Å². The molecule has 0 radical (unpaired) electrons. The first kappa shape index (κ1) is 18.4. The Morgan fingerprint density at radius 2 is 1.93 bits per heavy atom. The molecule has 5 rings (SSSR count). The van der Waals surface area contributed by atoms with Crippen LogP contribution in [-0.4, -0.2) is 46.5 Å². The average molecular weight is 399 g/mol. The van der Waals surface area contributed by atoms with Crippen LogP contribution >= 0.6 is 0 Å². The van der Waals surface area contributed by atoms with Crippen LogP contribution in [0.2, 0.25) is 0 Å². The summed E-state index contributed by atoms with van der Waals surface area (Å²) < 4.78 is 3.56. The zero-order valence-electron chi connectivity index (χ0n) is 16.8. The van der Waals surface area contributed by atoms with Gasteiger partial charge in [0.2, 0.25) is 0 Å². The van der Waals surface area contributed by atoms with Gasteiger partial charge in [0.15, 0.2) is 5.65 Å². The Morgan fingerprint density at radius 1 is 1.07 bits per heavy atom. The van der Waals surface area contributed by atoms with Crippen molar-refractivity contribution in [3.05, 3.63) is 66.6 Å². The molecule has 150 valence electrons. The van der Waals surface area contributed by atoms with Crippen molar-refractivity contribution >= 4 is 22.1 Å². The van der Waals surface area contributed by atoms with Gasteiger partial charge in [0.05, 0.1) is 36.1 Å². The van der Waals surface area contributed by atoms with E-state index in [-0.39, 0.29) is 6.61 Å². The fourth-order valence-corrected chi connectivity index (χ4v) is 3.65. The van der Waals surface area contributed by atoms with Gasteiger partial charge in [0.1, 0.15) is 5.52 Å². The summed E-state index contributed by atoms with van der Waals surface area (Å²) in [5.74, 6) is 0. The quantitative estimate of drug-likeness (QED) is 0.488. The summed E-state index contributed by atoms with van der Waals surface area (Å²) in [4.78, 5) is 9.25. The van der Waals surface area contributed by atoms with E-state index < -0.39 is 5.54 Å². The zero-order chi connectivity index (χ0) is 20.7. The Morgan fingerprint density at radius 3 is 2.80 bits per heavy atom. The van der Waals surface area contributed by atoms with Gasteiger partial charge in [-0.05, 0) is 49.7 Å². The lowest BCUT2D eigenvalue weighted by Gasteiger charge is -2.26. The first-order valence-electron chi connectivity index (χ1n) is 9.78. The molecule has 0 saturated carbocycles. The minimum Gasteiger partial charge on any atom is -0.394 e. The summed E-state index contributed by atoms with van der Waals surface area (Å²) >= 11 is 0. The fourth-order valence-electron chi connectivity index (χ4n) is 3.65. The van der Waals surface area contributed by atoms with Gasteiger partial charge < -0.3 is 5.11 Å². The molecular weight excluding hydrogens is 378 g/mol. The minimum atomic E-state index is -0.467. The van der Waals surface area contributed by atoms with Gasteiger partial charge in [0, 0.05) is 23.3 Å². The number of hydrogen-bond acceptors (Lipinski definition) is 6. The van der Waals surface area contributed by atoms with Crippen LogP contribution in [0.15, 0.2) is 61.1 Å². The van der Waals surface area contributed by atoms with Gasteiger partial charge in [-0.2, -0.15) is 5.10 Å². The van der Waals surface area contributed by atoms with E-state index in [4.69, 9.17) is 10.1 Å². The summed E-state index contributed by atoms with van der Waals surface area (Å²) in [5.41, 5.74) is 4.70. The van der Waals surface area contributed by atoms with E-state index in [1.807, 2.05) is 35.1 Å². The van der Waals surface area contributed by atoms with E-state index in [0.717, 1.165) is 33.2 Å². The maximum absolute atomic E-state index is 9.11. The molecule has 0 unspecified atom stereocenters. The smallest absolute Gasteiger partial charge is 0.179 e. The van der Waals surface area contributed by atoms with Crippen LogP contribution in [0.5, 0.6) is 0 Å². The van der Waals surface area contributed by atoms with E-state index >= 15 is 0 Å². The molecule has 0 fully saturated rings. The van der Waals surface area contributed by atoms with E-state index in [1.165, 1.54) is 0 Å². The van der Waals surface area contributed by atoms with Crippen molar-refractivity contribution < 1.29 is 5.11 Å². The van der Waals surface area contributed by atoms with E-state index in [9.17, 15) is 0 Å². The van der Waals surface area contributed by atoms with Crippen molar-refractivity contribution in [1.29, 1.82) is 0 Å². The first-order chi connectivity index (χ1) is 14.6. The number of pyridine rings is 2. The molecule has 4 heterocycles. The van der Waals surface area contributed by atoms with Crippen molar-refractivity contribution in [2.24, 2.45) is 0 Å². The molecule has 0 atom stereocenters. The minimum absolute atomic E-state index is 0.0414. The van der Waals surface area contributed by atoms with Crippen LogP contribution in [0, 0.1) is 0 Å². The predicted molar refractivity (Wildman–Crippen MR) is 114 cm³/mol. The molecule has 1 aromatic carbocycles. The number of nitrogens with zero attached hydrogens (tertiary/aromatic N) is 7. The lowest BCUT2D eigenvalue weighted by atomic mass is 9.93. The van der Waals surface area contributed by atoms with Gasteiger partial charge in [-0.3, -0.25) is 9.67 Å². The Hall–Kier alpha value is -3.65. The topological polar surface area (TPSA) is 94.5 Å². The Balaban J connectivity index is 1.60. The largest absolute Gasteiger partial charge is 0.394 e. The molecule has 0 aliphatic rings. The maximum Gasteiger partial charge on any atom is 0.179 e.